The van der Waals surface area contributed by atoms with E-state index in [-0.39, 0.29) is 17.0 Å². The number of nitrogens with one attached hydrogen (secondary N) is 1. The number of aromatic nitrogens is 2. The van der Waals surface area contributed by atoms with E-state index < -0.39 is 5.82 Å². The number of aromatic amines is 1. The van der Waals surface area contributed by atoms with Gasteiger partial charge in [-0.1, -0.05) is 50.1 Å². The molecule has 3 aromatic rings. The Hall–Kier alpha value is -3.52. The lowest BCUT2D eigenvalue weighted by Crippen LogP contribution is -2.54. The average Bonchev–Trinajstić information content (AvgIpc) is 3.47. The lowest BCUT2D eigenvalue weighted by Gasteiger charge is -2.40. The summed E-state index contributed by atoms with van der Waals surface area (Å²) in [6.07, 6.45) is 9.45. The van der Waals surface area contributed by atoms with Crippen LogP contribution in [0.4, 0.5) is 4.39 Å². The van der Waals surface area contributed by atoms with Crippen LogP contribution in [0.3, 0.4) is 0 Å². The largest absolute Gasteiger partial charge is 0.376 e. The SMILES string of the molecule is CCCCC(CN1C=CCC1)N1CCN(C(=O)c2cc(Cc3n[nH]c(=O)c4ccccc34)ccc2F)CC1. The molecule has 1 aromatic heterocycles. The molecule has 1 saturated heterocycles. The number of fused-ring (bicyclic) bond motifs is 1. The van der Waals surface area contributed by atoms with Gasteiger partial charge in [0.15, 0.2) is 0 Å². The first kappa shape index (κ1) is 26.1. The van der Waals surface area contributed by atoms with Crippen molar-refractivity contribution in [2.75, 3.05) is 39.3 Å². The summed E-state index contributed by atoms with van der Waals surface area (Å²) in [5.41, 5.74) is 1.31. The summed E-state index contributed by atoms with van der Waals surface area (Å²) in [6.45, 7) is 7.11. The quantitative estimate of drug-likeness (QED) is 0.461. The van der Waals surface area contributed by atoms with Gasteiger partial charge < -0.3 is 9.80 Å². The van der Waals surface area contributed by atoms with Crippen LogP contribution in [-0.2, 0) is 6.42 Å². The van der Waals surface area contributed by atoms with Gasteiger partial charge in [0, 0.05) is 57.1 Å². The van der Waals surface area contributed by atoms with E-state index in [1.165, 1.54) is 18.9 Å². The summed E-state index contributed by atoms with van der Waals surface area (Å²) < 4.78 is 14.9. The number of piperazine rings is 1. The van der Waals surface area contributed by atoms with Crippen LogP contribution in [0.1, 0.15) is 54.2 Å². The van der Waals surface area contributed by atoms with Crippen molar-refractivity contribution in [2.24, 2.45) is 0 Å². The molecule has 1 fully saturated rings. The van der Waals surface area contributed by atoms with Gasteiger partial charge in [0.05, 0.1) is 16.6 Å². The van der Waals surface area contributed by atoms with Gasteiger partial charge in [0.2, 0.25) is 0 Å². The molecule has 2 aromatic carbocycles. The third kappa shape index (κ3) is 5.80. The van der Waals surface area contributed by atoms with Crippen molar-refractivity contribution >= 4 is 16.7 Å². The standard InChI is InChI=1S/C30H36FN5O2/c1-2-3-8-23(21-34-13-6-7-14-34)35-15-17-36(18-16-35)30(38)26-19-22(11-12-27(26)31)20-28-24-9-4-5-10-25(24)29(37)33-32-28/h4-6,9-13,19,23H,2-3,7-8,14-18,20-21H2,1H3,(H,33,37). The molecule has 38 heavy (non-hydrogen) atoms. The van der Waals surface area contributed by atoms with Gasteiger partial charge in [-0.15, -0.1) is 0 Å². The van der Waals surface area contributed by atoms with Crippen molar-refractivity contribution in [1.82, 2.24) is 24.9 Å². The zero-order chi connectivity index (χ0) is 26.5. The molecule has 7 nitrogen and oxygen atoms in total. The van der Waals surface area contributed by atoms with Gasteiger partial charge in [-0.05, 0) is 42.8 Å². The molecule has 1 amide bonds. The molecule has 5 rings (SSSR count). The molecule has 0 bridgehead atoms. The number of hydrogen-bond donors (Lipinski definition) is 1. The predicted octanol–water partition coefficient (Wildman–Crippen LogP) is 4.19. The van der Waals surface area contributed by atoms with Gasteiger partial charge in [-0.3, -0.25) is 14.5 Å². The van der Waals surface area contributed by atoms with E-state index in [2.05, 4.69) is 39.2 Å². The Balaban J connectivity index is 1.27. The van der Waals surface area contributed by atoms with Gasteiger partial charge in [0.25, 0.3) is 11.5 Å². The summed E-state index contributed by atoms with van der Waals surface area (Å²) in [7, 11) is 0. The second-order valence-corrected chi connectivity index (χ2v) is 10.3. The minimum atomic E-state index is -0.512. The number of hydrogen-bond acceptors (Lipinski definition) is 5. The van der Waals surface area contributed by atoms with Crippen molar-refractivity contribution < 1.29 is 9.18 Å². The molecule has 2 aliphatic rings. The van der Waals surface area contributed by atoms with E-state index in [1.807, 2.05) is 18.2 Å². The molecule has 0 saturated carbocycles. The zero-order valence-corrected chi connectivity index (χ0v) is 22.0. The summed E-state index contributed by atoms with van der Waals surface area (Å²) in [6, 6.07) is 12.4. The fourth-order valence-electron chi connectivity index (χ4n) is 5.60. The third-order valence-electron chi connectivity index (χ3n) is 7.76. The Morgan fingerprint density at radius 2 is 1.87 bits per heavy atom. The number of nitrogens with zero attached hydrogens (tertiary/aromatic N) is 4. The number of rotatable bonds is 9. The number of benzene rings is 2. The normalized spacial score (nSPS) is 16.9. The van der Waals surface area contributed by atoms with Crippen LogP contribution >= 0.6 is 0 Å². The van der Waals surface area contributed by atoms with Crippen molar-refractivity contribution in [3.63, 3.8) is 0 Å². The highest BCUT2D eigenvalue weighted by Gasteiger charge is 2.28. The Bertz CT molecular complexity index is 1360. The molecule has 1 unspecified atom stereocenters. The minimum absolute atomic E-state index is 0.0921. The molecule has 0 aliphatic carbocycles. The number of carbonyl (C=O) groups is 1. The maximum Gasteiger partial charge on any atom is 0.272 e. The summed E-state index contributed by atoms with van der Waals surface area (Å²) in [5.74, 6) is -0.780. The molecule has 1 atom stereocenters. The maximum atomic E-state index is 14.9. The molecule has 200 valence electrons. The number of amides is 1. The smallest absolute Gasteiger partial charge is 0.272 e. The van der Waals surface area contributed by atoms with Gasteiger partial charge in [0.1, 0.15) is 5.82 Å². The molecule has 0 spiro atoms. The fourth-order valence-corrected chi connectivity index (χ4v) is 5.60. The van der Waals surface area contributed by atoms with E-state index in [0.717, 1.165) is 50.0 Å². The van der Waals surface area contributed by atoms with E-state index in [1.54, 1.807) is 23.1 Å². The van der Waals surface area contributed by atoms with Crippen LogP contribution in [0.5, 0.6) is 0 Å². The Morgan fingerprint density at radius 3 is 2.61 bits per heavy atom. The van der Waals surface area contributed by atoms with Crippen molar-refractivity contribution in [1.29, 1.82) is 0 Å². The number of carbonyl (C=O) groups excluding carboxylic acids is 1. The highest BCUT2D eigenvalue weighted by Crippen LogP contribution is 2.21. The van der Waals surface area contributed by atoms with Crippen LogP contribution in [0.15, 0.2) is 59.5 Å². The number of halogens is 1. The molecular weight excluding hydrogens is 481 g/mol. The van der Waals surface area contributed by atoms with Crippen LogP contribution in [0.25, 0.3) is 10.8 Å². The van der Waals surface area contributed by atoms with E-state index >= 15 is 0 Å². The molecule has 0 radical (unpaired) electrons. The van der Waals surface area contributed by atoms with Gasteiger partial charge in [-0.25, -0.2) is 9.49 Å². The highest BCUT2D eigenvalue weighted by atomic mass is 19.1. The van der Waals surface area contributed by atoms with Crippen LogP contribution < -0.4 is 5.56 Å². The lowest BCUT2D eigenvalue weighted by atomic mass is 10.0. The average molecular weight is 518 g/mol. The van der Waals surface area contributed by atoms with E-state index in [9.17, 15) is 14.0 Å². The summed E-state index contributed by atoms with van der Waals surface area (Å²) in [5, 5.41) is 8.10. The first-order valence-electron chi connectivity index (χ1n) is 13.7. The second kappa shape index (κ2) is 11.9. The first-order valence-corrected chi connectivity index (χ1v) is 13.7. The molecule has 3 heterocycles. The van der Waals surface area contributed by atoms with E-state index in [4.69, 9.17) is 0 Å². The fraction of sp³-hybridized carbons (Fsp3) is 0.433. The first-order chi connectivity index (χ1) is 18.5. The van der Waals surface area contributed by atoms with Gasteiger partial charge in [-0.2, -0.15) is 5.10 Å². The van der Waals surface area contributed by atoms with Crippen molar-refractivity contribution in [2.45, 2.75) is 45.1 Å². The summed E-state index contributed by atoms with van der Waals surface area (Å²) in [4.78, 5) is 32.2. The Labute approximate surface area is 222 Å². The van der Waals surface area contributed by atoms with E-state index in [0.29, 0.717) is 36.6 Å². The minimum Gasteiger partial charge on any atom is -0.376 e. The topological polar surface area (TPSA) is 72.5 Å². The lowest BCUT2D eigenvalue weighted by molar-refractivity contribution is 0.0521. The monoisotopic (exact) mass is 517 g/mol. The van der Waals surface area contributed by atoms with Crippen molar-refractivity contribution in [3.05, 3.63) is 87.7 Å². The molecule has 8 heteroatoms. The Kier molecular flexibility index (Phi) is 8.17. The van der Waals surface area contributed by atoms with Gasteiger partial charge >= 0.3 is 0 Å². The maximum absolute atomic E-state index is 14.9. The molecular formula is C30H36FN5O2. The Morgan fingerprint density at radius 1 is 1.08 bits per heavy atom. The summed E-state index contributed by atoms with van der Waals surface area (Å²) >= 11 is 0. The van der Waals surface area contributed by atoms with Crippen molar-refractivity contribution in [3.8, 4) is 0 Å². The van der Waals surface area contributed by atoms with Crippen LogP contribution in [0, 0.1) is 5.82 Å². The zero-order valence-electron chi connectivity index (χ0n) is 22.0. The third-order valence-corrected chi connectivity index (χ3v) is 7.76. The predicted molar refractivity (Wildman–Crippen MR) is 148 cm³/mol. The second-order valence-electron chi connectivity index (χ2n) is 10.3. The number of unbranched alkanes of at least 4 members (excludes halogenated alkanes) is 1. The van der Waals surface area contributed by atoms with Crippen LogP contribution in [0.2, 0.25) is 0 Å². The van der Waals surface area contributed by atoms with Crippen LogP contribution in [-0.4, -0.2) is 76.1 Å². The highest BCUT2D eigenvalue weighted by molar-refractivity contribution is 5.95. The molecule has 2 aliphatic heterocycles. The molecule has 1 N–H and O–H groups in total. The number of H-pyrrole nitrogens is 1.